The zero-order valence-electron chi connectivity index (χ0n) is 14.6. The van der Waals surface area contributed by atoms with E-state index in [4.69, 9.17) is 0 Å². The van der Waals surface area contributed by atoms with E-state index in [1.165, 1.54) is 28.8 Å². The largest absolute Gasteiger partial charge is 0.348 e. The molecule has 0 unspecified atom stereocenters. The SMILES string of the molecule is O=C(Cc1cccc(F)c1)NCc1nnc2ccc(-c3ccc(F)cc3)nn12. The molecule has 0 saturated heterocycles. The zero-order chi connectivity index (χ0) is 19.5. The predicted octanol–water partition coefficient (Wildman–Crippen LogP) is 2.93. The summed E-state index contributed by atoms with van der Waals surface area (Å²) in [4.78, 5) is 12.1. The Kier molecular flexibility index (Phi) is 4.76. The molecule has 0 aliphatic heterocycles. The first-order chi connectivity index (χ1) is 13.6. The normalized spacial score (nSPS) is 10.9. The van der Waals surface area contributed by atoms with Crippen LogP contribution in [0, 0.1) is 11.6 Å². The lowest BCUT2D eigenvalue weighted by Gasteiger charge is -2.06. The Morgan fingerprint density at radius 2 is 1.79 bits per heavy atom. The third kappa shape index (κ3) is 3.85. The molecule has 0 fully saturated rings. The van der Waals surface area contributed by atoms with Crippen LogP contribution >= 0.6 is 0 Å². The Morgan fingerprint density at radius 3 is 2.57 bits per heavy atom. The molecule has 0 spiro atoms. The molecule has 1 amide bonds. The minimum atomic E-state index is -0.383. The molecule has 0 radical (unpaired) electrons. The minimum absolute atomic E-state index is 0.0583. The molecule has 0 bridgehead atoms. The number of rotatable bonds is 5. The molecule has 1 N–H and O–H groups in total. The van der Waals surface area contributed by atoms with E-state index in [0.29, 0.717) is 22.7 Å². The van der Waals surface area contributed by atoms with Gasteiger partial charge in [-0.1, -0.05) is 12.1 Å². The second kappa shape index (κ2) is 7.51. The van der Waals surface area contributed by atoms with Gasteiger partial charge in [0.2, 0.25) is 5.91 Å². The summed E-state index contributed by atoms with van der Waals surface area (Å²) in [6.45, 7) is 0.120. The Morgan fingerprint density at radius 1 is 0.964 bits per heavy atom. The van der Waals surface area contributed by atoms with Crippen LogP contribution in [-0.2, 0) is 17.8 Å². The molecule has 0 saturated carbocycles. The van der Waals surface area contributed by atoms with Crippen molar-refractivity contribution in [1.29, 1.82) is 0 Å². The molecular formula is C20H15F2N5O. The van der Waals surface area contributed by atoms with Crippen molar-refractivity contribution in [3.05, 3.63) is 83.7 Å². The summed E-state index contributed by atoms with van der Waals surface area (Å²) in [6.07, 6.45) is 0.0583. The van der Waals surface area contributed by atoms with Crippen LogP contribution < -0.4 is 5.32 Å². The number of carbonyl (C=O) groups is 1. The van der Waals surface area contributed by atoms with Crippen molar-refractivity contribution in [3.8, 4) is 11.3 Å². The standard InChI is InChI=1S/C20H15F2N5O/c21-15-6-4-14(5-7-15)17-8-9-18-24-25-19(27(18)26-17)12-23-20(28)11-13-2-1-3-16(22)10-13/h1-10H,11-12H2,(H,23,28). The molecule has 28 heavy (non-hydrogen) atoms. The van der Waals surface area contributed by atoms with Crippen LogP contribution in [0.5, 0.6) is 0 Å². The van der Waals surface area contributed by atoms with Gasteiger partial charge in [-0.15, -0.1) is 10.2 Å². The minimum Gasteiger partial charge on any atom is -0.348 e. The fourth-order valence-electron chi connectivity index (χ4n) is 2.79. The van der Waals surface area contributed by atoms with E-state index in [9.17, 15) is 13.6 Å². The van der Waals surface area contributed by atoms with Gasteiger partial charge in [0.05, 0.1) is 18.7 Å². The van der Waals surface area contributed by atoms with Crippen LogP contribution in [0.3, 0.4) is 0 Å². The average molecular weight is 379 g/mol. The molecule has 0 aliphatic carbocycles. The Hall–Kier alpha value is -3.68. The molecule has 140 valence electrons. The van der Waals surface area contributed by atoms with Gasteiger partial charge in [-0.25, -0.2) is 8.78 Å². The number of aromatic nitrogens is 4. The third-order valence-corrected chi connectivity index (χ3v) is 4.16. The molecule has 2 aromatic carbocycles. The van der Waals surface area contributed by atoms with Crippen LogP contribution in [0.1, 0.15) is 11.4 Å². The van der Waals surface area contributed by atoms with E-state index in [1.54, 1.807) is 36.4 Å². The van der Waals surface area contributed by atoms with Gasteiger partial charge in [0.1, 0.15) is 11.6 Å². The lowest BCUT2D eigenvalue weighted by molar-refractivity contribution is -0.120. The summed E-state index contributed by atoms with van der Waals surface area (Å²) < 4.78 is 27.9. The Balaban J connectivity index is 1.50. The molecular weight excluding hydrogens is 364 g/mol. The molecule has 4 rings (SSSR count). The fourth-order valence-corrected chi connectivity index (χ4v) is 2.79. The van der Waals surface area contributed by atoms with Crippen LogP contribution in [0.2, 0.25) is 0 Å². The maximum absolute atomic E-state index is 13.2. The second-order valence-electron chi connectivity index (χ2n) is 6.20. The van der Waals surface area contributed by atoms with Crippen molar-refractivity contribution in [1.82, 2.24) is 25.1 Å². The van der Waals surface area contributed by atoms with Crippen molar-refractivity contribution in [2.75, 3.05) is 0 Å². The molecule has 2 aromatic heterocycles. The number of halogens is 2. The fraction of sp³-hybridized carbons (Fsp3) is 0.100. The summed E-state index contributed by atoms with van der Waals surface area (Å²) in [5.41, 5.74) is 2.48. The van der Waals surface area contributed by atoms with Gasteiger partial charge in [0.15, 0.2) is 11.5 Å². The number of nitrogens with one attached hydrogen (secondary N) is 1. The molecule has 0 atom stereocenters. The summed E-state index contributed by atoms with van der Waals surface area (Å²) in [7, 11) is 0. The van der Waals surface area contributed by atoms with E-state index < -0.39 is 0 Å². The first-order valence-corrected chi connectivity index (χ1v) is 8.57. The van der Waals surface area contributed by atoms with Gasteiger partial charge < -0.3 is 5.32 Å². The number of carbonyl (C=O) groups excluding carboxylic acids is 1. The average Bonchev–Trinajstić information content (AvgIpc) is 3.09. The van der Waals surface area contributed by atoms with Gasteiger partial charge in [-0.3, -0.25) is 4.79 Å². The topological polar surface area (TPSA) is 72.2 Å². The lowest BCUT2D eigenvalue weighted by Crippen LogP contribution is -2.25. The lowest BCUT2D eigenvalue weighted by atomic mass is 10.1. The van der Waals surface area contributed by atoms with Crippen molar-refractivity contribution >= 4 is 11.6 Å². The van der Waals surface area contributed by atoms with E-state index >= 15 is 0 Å². The van der Waals surface area contributed by atoms with Crippen LogP contribution in [0.25, 0.3) is 16.9 Å². The molecule has 2 heterocycles. The van der Waals surface area contributed by atoms with Gasteiger partial charge in [0.25, 0.3) is 0 Å². The first-order valence-electron chi connectivity index (χ1n) is 8.57. The van der Waals surface area contributed by atoms with E-state index in [1.807, 2.05) is 0 Å². The van der Waals surface area contributed by atoms with E-state index in [-0.39, 0.29) is 30.5 Å². The zero-order valence-corrected chi connectivity index (χ0v) is 14.6. The highest BCUT2D eigenvalue weighted by atomic mass is 19.1. The smallest absolute Gasteiger partial charge is 0.224 e. The number of fused-ring (bicyclic) bond motifs is 1. The number of hydrogen-bond donors (Lipinski definition) is 1. The van der Waals surface area contributed by atoms with Gasteiger partial charge >= 0.3 is 0 Å². The second-order valence-corrected chi connectivity index (χ2v) is 6.20. The quantitative estimate of drug-likeness (QED) is 0.579. The van der Waals surface area contributed by atoms with Gasteiger partial charge in [-0.2, -0.15) is 9.61 Å². The number of hydrogen-bond acceptors (Lipinski definition) is 4. The van der Waals surface area contributed by atoms with Gasteiger partial charge in [-0.05, 0) is 54.1 Å². The molecule has 0 aliphatic rings. The Labute approximate surface area is 158 Å². The summed E-state index contributed by atoms with van der Waals surface area (Å²) in [6, 6.07) is 15.4. The van der Waals surface area contributed by atoms with E-state index in [2.05, 4.69) is 20.6 Å². The van der Waals surface area contributed by atoms with Crippen LogP contribution in [0.4, 0.5) is 8.78 Å². The molecule has 4 aromatic rings. The molecule has 8 heteroatoms. The van der Waals surface area contributed by atoms with Crippen molar-refractivity contribution in [2.45, 2.75) is 13.0 Å². The van der Waals surface area contributed by atoms with Crippen LogP contribution in [-0.4, -0.2) is 25.7 Å². The summed E-state index contributed by atoms with van der Waals surface area (Å²) in [5, 5.41) is 15.3. The Bertz CT molecular complexity index is 1140. The third-order valence-electron chi connectivity index (χ3n) is 4.16. The first kappa shape index (κ1) is 17.7. The summed E-state index contributed by atoms with van der Waals surface area (Å²) >= 11 is 0. The maximum atomic E-state index is 13.2. The summed E-state index contributed by atoms with van der Waals surface area (Å²) in [5.74, 6) is -0.523. The number of benzene rings is 2. The van der Waals surface area contributed by atoms with Gasteiger partial charge in [0, 0.05) is 5.56 Å². The molecule has 6 nitrogen and oxygen atoms in total. The highest BCUT2D eigenvalue weighted by Crippen LogP contribution is 2.17. The van der Waals surface area contributed by atoms with Crippen molar-refractivity contribution < 1.29 is 13.6 Å². The maximum Gasteiger partial charge on any atom is 0.224 e. The highest BCUT2D eigenvalue weighted by Gasteiger charge is 2.11. The van der Waals surface area contributed by atoms with Crippen molar-refractivity contribution in [2.24, 2.45) is 0 Å². The number of nitrogens with zero attached hydrogens (tertiary/aromatic N) is 4. The van der Waals surface area contributed by atoms with Crippen molar-refractivity contribution in [3.63, 3.8) is 0 Å². The highest BCUT2D eigenvalue weighted by molar-refractivity contribution is 5.78. The predicted molar refractivity (Wildman–Crippen MR) is 98.1 cm³/mol. The van der Waals surface area contributed by atoms with E-state index in [0.717, 1.165) is 5.56 Å². The van der Waals surface area contributed by atoms with Crippen LogP contribution in [0.15, 0.2) is 60.7 Å². The monoisotopic (exact) mass is 379 g/mol. The number of amides is 1.